The largest absolute Gasteiger partial charge is 0.416 e. The highest BCUT2D eigenvalue weighted by molar-refractivity contribution is 5.92. The maximum Gasteiger partial charge on any atom is 0.416 e. The highest BCUT2D eigenvalue weighted by Gasteiger charge is 2.38. The summed E-state index contributed by atoms with van der Waals surface area (Å²) >= 11 is 0. The maximum atomic E-state index is 13.2. The van der Waals surface area contributed by atoms with Crippen LogP contribution in [-0.2, 0) is 31.7 Å². The van der Waals surface area contributed by atoms with E-state index in [1.54, 1.807) is 16.8 Å². The number of nitrogens with one attached hydrogen (secondary N) is 1. The number of pyridine rings is 1. The SMILES string of the molecule is O=C(NCCc1ccccn1)c1cn2c(n1)CCC(c1cc(C(F)(F)F)cc(C(F)(F)F)c1)C2. The summed E-state index contributed by atoms with van der Waals surface area (Å²) in [5.74, 6) is -0.424. The van der Waals surface area contributed by atoms with E-state index in [-0.39, 0.29) is 23.9 Å². The molecule has 2 aromatic heterocycles. The van der Waals surface area contributed by atoms with Gasteiger partial charge in [-0.15, -0.1) is 0 Å². The maximum absolute atomic E-state index is 13.2. The van der Waals surface area contributed by atoms with Gasteiger partial charge in [-0.05, 0) is 42.3 Å². The molecular weight excluding hydrogens is 462 g/mol. The molecule has 0 saturated carbocycles. The van der Waals surface area contributed by atoms with Crippen molar-refractivity contribution in [3.05, 3.63) is 82.7 Å². The predicted molar refractivity (Wildman–Crippen MR) is 110 cm³/mol. The average Bonchev–Trinajstić information content (AvgIpc) is 3.22. The lowest BCUT2D eigenvalue weighted by Gasteiger charge is -2.25. The van der Waals surface area contributed by atoms with E-state index in [1.165, 1.54) is 6.20 Å². The van der Waals surface area contributed by atoms with E-state index in [4.69, 9.17) is 0 Å². The molecular formula is C23H20F6N4O. The molecule has 5 nitrogen and oxygen atoms in total. The third-order valence-electron chi connectivity index (χ3n) is 5.70. The zero-order valence-electron chi connectivity index (χ0n) is 17.7. The lowest BCUT2D eigenvalue weighted by molar-refractivity contribution is -0.143. The molecule has 0 aliphatic carbocycles. The van der Waals surface area contributed by atoms with Crippen LogP contribution >= 0.6 is 0 Å². The summed E-state index contributed by atoms with van der Waals surface area (Å²) in [5, 5.41) is 2.74. The topological polar surface area (TPSA) is 59.8 Å². The minimum atomic E-state index is -4.90. The van der Waals surface area contributed by atoms with Crippen molar-refractivity contribution >= 4 is 5.91 Å². The third-order valence-corrected chi connectivity index (χ3v) is 5.70. The fourth-order valence-electron chi connectivity index (χ4n) is 3.98. The van der Waals surface area contributed by atoms with Gasteiger partial charge in [-0.3, -0.25) is 9.78 Å². The Hall–Kier alpha value is -3.37. The van der Waals surface area contributed by atoms with E-state index in [1.807, 2.05) is 12.1 Å². The minimum absolute atomic E-state index is 0.0390. The van der Waals surface area contributed by atoms with Crippen molar-refractivity contribution in [2.75, 3.05) is 6.54 Å². The van der Waals surface area contributed by atoms with Gasteiger partial charge in [0.2, 0.25) is 0 Å². The minimum Gasteiger partial charge on any atom is -0.350 e. The second-order valence-electron chi connectivity index (χ2n) is 8.10. The summed E-state index contributed by atoms with van der Waals surface area (Å²) in [7, 11) is 0. The summed E-state index contributed by atoms with van der Waals surface area (Å²) < 4.78 is 80.9. The van der Waals surface area contributed by atoms with E-state index in [0.29, 0.717) is 31.6 Å². The van der Waals surface area contributed by atoms with Gasteiger partial charge in [0, 0.05) is 49.9 Å². The Morgan fingerprint density at radius 2 is 1.76 bits per heavy atom. The molecule has 1 atom stereocenters. The molecule has 0 saturated heterocycles. The van der Waals surface area contributed by atoms with Crippen LogP contribution in [0.1, 0.15) is 51.0 Å². The van der Waals surface area contributed by atoms with Gasteiger partial charge >= 0.3 is 12.4 Å². The van der Waals surface area contributed by atoms with Gasteiger partial charge in [-0.1, -0.05) is 6.07 Å². The summed E-state index contributed by atoms with van der Waals surface area (Å²) in [6.07, 6.45) is -5.50. The van der Waals surface area contributed by atoms with E-state index in [0.717, 1.165) is 17.8 Å². The molecule has 1 N–H and O–H groups in total. The highest BCUT2D eigenvalue weighted by atomic mass is 19.4. The van der Waals surface area contributed by atoms with Gasteiger partial charge in [0.05, 0.1) is 11.1 Å². The molecule has 3 aromatic rings. The number of nitrogens with zero attached hydrogens (tertiary/aromatic N) is 3. The van der Waals surface area contributed by atoms with Gasteiger partial charge in [0.25, 0.3) is 5.91 Å². The average molecular weight is 482 g/mol. The van der Waals surface area contributed by atoms with Crippen LogP contribution in [0, 0.1) is 0 Å². The molecule has 4 rings (SSSR count). The fourth-order valence-corrected chi connectivity index (χ4v) is 3.98. The Labute approximate surface area is 190 Å². The van der Waals surface area contributed by atoms with Crippen molar-refractivity contribution in [3.63, 3.8) is 0 Å². The van der Waals surface area contributed by atoms with Crippen LogP contribution in [0.15, 0.2) is 48.8 Å². The predicted octanol–water partition coefficient (Wildman–Crippen LogP) is 5.02. The number of fused-ring (bicyclic) bond motifs is 1. The Morgan fingerprint density at radius 1 is 1.06 bits per heavy atom. The number of hydrogen-bond acceptors (Lipinski definition) is 3. The zero-order valence-corrected chi connectivity index (χ0v) is 17.7. The van der Waals surface area contributed by atoms with E-state index >= 15 is 0 Å². The molecule has 34 heavy (non-hydrogen) atoms. The lowest BCUT2D eigenvalue weighted by Crippen LogP contribution is -2.26. The Morgan fingerprint density at radius 3 is 2.38 bits per heavy atom. The van der Waals surface area contributed by atoms with Crippen molar-refractivity contribution in [3.8, 4) is 0 Å². The molecule has 1 aromatic carbocycles. The van der Waals surface area contributed by atoms with Gasteiger partial charge in [-0.2, -0.15) is 26.3 Å². The first-order valence-corrected chi connectivity index (χ1v) is 10.5. The van der Waals surface area contributed by atoms with Crippen molar-refractivity contribution in [1.82, 2.24) is 19.9 Å². The number of aromatic nitrogens is 3. The van der Waals surface area contributed by atoms with Crippen molar-refractivity contribution in [1.29, 1.82) is 0 Å². The van der Waals surface area contributed by atoms with Crippen LogP contribution in [0.25, 0.3) is 0 Å². The second-order valence-corrected chi connectivity index (χ2v) is 8.10. The number of hydrogen-bond donors (Lipinski definition) is 1. The number of rotatable bonds is 5. The first kappa shape index (κ1) is 23.8. The molecule has 1 aliphatic rings. The smallest absolute Gasteiger partial charge is 0.350 e. The fraction of sp³-hybridized carbons (Fsp3) is 0.348. The van der Waals surface area contributed by atoms with Crippen molar-refractivity contribution in [2.45, 2.75) is 44.1 Å². The van der Waals surface area contributed by atoms with Crippen molar-refractivity contribution in [2.24, 2.45) is 0 Å². The van der Waals surface area contributed by atoms with Crippen LogP contribution in [0.5, 0.6) is 0 Å². The number of imidazole rings is 1. The monoisotopic (exact) mass is 482 g/mol. The van der Waals surface area contributed by atoms with Crippen LogP contribution in [0.2, 0.25) is 0 Å². The molecule has 0 bridgehead atoms. The number of benzene rings is 1. The first-order chi connectivity index (χ1) is 16.0. The standard InChI is InChI=1S/C23H20F6N4O/c24-22(25,26)16-9-15(10-17(11-16)23(27,28)29)14-4-5-20-32-19(13-33(20)12-14)21(34)31-8-6-18-3-1-2-7-30-18/h1-3,7,9-11,13-14H,4-6,8,12H2,(H,31,34). The number of amides is 1. The summed E-state index contributed by atoms with van der Waals surface area (Å²) in [6.45, 7) is 0.466. The van der Waals surface area contributed by atoms with Crippen molar-refractivity contribution < 1.29 is 31.1 Å². The van der Waals surface area contributed by atoms with Crippen LogP contribution < -0.4 is 5.32 Å². The first-order valence-electron chi connectivity index (χ1n) is 10.5. The molecule has 0 fully saturated rings. The molecule has 1 amide bonds. The molecule has 3 heterocycles. The van der Waals surface area contributed by atoms with Gasteiger partial charge in [0.1, 0.15) is 11.5 Å². The molecule has 11 heteroatoms. The number of carbonyl (C=O) groups excluding carboxylic acids is 1. The Balaban J connectivity index is 1.48. The van der Waals surface area contributed by atoms with E-state index < -0.39 is 35.3 Å². The zero-order chi connectivity index (χ0) is 24.5. The van der Waals surface area contributed by atoms with Crippen LogP contribution in [-0.4, -0.2) is 27.0 Å². The number of alkyl halides is 6. The lowest BCUT2D eigenvalue weighted by atomic mass is 9.89. The molecule has 1 unspecified atom stereocenters. The number of aryl methyl sites for hydroxylation is 1. The number of halogens is 6. The van der Waals surface area contributed by atoms with Crippen LogP contribution in [0.4, 0.5) is 26.3 Å². The van der Waals surface area contributed by atoms with Crippen LogP contribution in [0.3, 0.4) is 0 Å². The third kappa shape index (κ3) is 5.40. The molecule has 0 spiro atoms. The summed E-state index contributed by atoms with van der Waals surface area (Å²) in [6, 6.07) is 7.13. The molecule has 180 valence electrons. The van der Waals surface area contributed by atoms with E-state index in [9.17, 15) is 31.1 Å². The molecule has 1 aliphatic heterocycles. The number of carbonyl (C=O) groups is 1. The summed E-state index contributed by atoms with van der Waals surface area (Å²) in [4.78, 5) is 20.9. The van der Waals surface area contributed by atoms with Gasteiger partial charge in [-0.25, -0.2) is 4.98 Å². The quantitative estimate of drug-likeness (QED) is 0.520. The Bertz CT molecular complexity index is 1140. The normalized spacial score (nSPS) is 16.2. The second kappa shape index (κ2) is 9.11. The van der Waals surface area contributed by atoms with Gasteiger partial charge in [0.15, 0.2) is 0 Å². The molecule has 0 radical (unpaired) electrons. The Kier molecular flexibility index (Phi) is 6.37. The summed E-state index contributed by atoms with van der Waals surface area (Å²) in [5.41, 5.74) is -1.74. The highest BCUT2D eigenvalue weighted by Crippen LogP contribution is 2.39. The van der Waals surface area contributed by atoms with E-state index in [2.05, 4.69) is 15.3 Å². The van der Waals surface area contributed by atoms with Gasteiger partial charge < -0.3 is 9.88 Å².